The molecule has 0 bridgehead atoms. The maximum absolute atomic E-state index is 3.13. The van der Waals surface area contributed by atoms with Crippen molar-refractivity contribution in [2.45, 2.75) is 0 Å². The Balaban J connectivity index is 2.15. The molecule has 0 aliphatic carbocycles. The molecule has 0 aliphatic heterocycles. The van der Waals surface area contributed by atoms with Gasteiger partial charge in [-0.3, -0.25) is 0 Å². The molecule has 0 fully saturated rings. The average molecular weight is 185 g/mol. The molecule has 2 nitrogen and oxygen atoms in total. The van der Waals surface area contributed by atoms with E-state index in [0.717, 1.165) is 5.69 Å². The third kappa shape index (κ3) is 2.10. The van der Waals surface area contributed by atoms with Crippen LogP contribution in [-0.2, 0) is 7.05 Å². The lowest BCUT2D eigenvalue weighted by Crippen LogP contribution is -2.25. The Kier molecular flexibility index (Phi) is 2.45. The molecule has 0 aliphatic rings. The third-order valence-electron chi connectivity index (χ3n) is 2.08. The summed E-state index contributed by atoms with van der Waals surface area (Å²) in [5, 5.41) is 0. The van der Waals surface area contributed by atoms with Gasteiger partial charge in [-0.15, -0.1) is 0 Å². The smallest absolute Gasteiger partial charge is 0.169 e. The first-order chi connectivity index (χ1) is 6.84. The molecule has 0 saturated heterocycles. The van der Waals surface area contributed by atoms with Gasteiger partial charge < -0.3 is 4.98 Å². The lowest BCUT2D eigenvalue weighted by Gasteiger charge is -1.90. The van der Waals surface area contributed by atoms with E-state index in [0.29, 0.717) is 0 Å². The van der Waals surface area contributed by atoms with Crippen LogP contribution < -0.4 is 4.57 Å². The second kappa shape index (κ2) is 3.92. The van der Waals surface area contributed by atoms with Crippen LogP contribution in [0, 0.1) is 0 Å². The monoisotopic (exact) mass is 185 g/mol. The predicted octanol–water partition coefficient (Wildman–Crippen LogP) is 2.01. The lowest BCUT2D eigenvalue weighted by molar-refractivity contribution is -0.671. The number of rotatable bonds is 2. The van der Waals surface area contributed by atoms with Gasteiger partial charge in [0.15, 0.2) is 12.4 Å². The average Bonchev–Trinajstić information content (AvgIpc) is 2.70. The van der Waals surface area contributed by atoms with E-state index in [-0.39, 0.29) is 0 Å². The topological polar surface area (TPSA) is 19.7 Å². The van der Waals surface area contributed by atoms with Crippen LogP contribution in [0.25, 0.3) is 12.2 Å². The Bertz CT molecular complexity index is 410. The van der Waals surface area contributed by atoms with Crippen LogP contribution in [0.1, 0.15) is 11.3 Å². The molecular weight excluding hydrogens is 172 g/mol. The minimum atomic E-state index is 1.12. The third-order valence-corrected chi connectivity index (χ3v) is 2.08. The van der Waals surface area contributed by atoms with Gasteiger partial charge in [0, 0.05) is 24.0 Å². The molecule has 0 aromatic carbocycles. The summed E-state index contributed by atoms with van der Waals surface area (Å²) in [6.07, 6.45) is 10.1. The molecule has 70 valence electrons. The van der Waals surface area contributed by atoms with Gasteiger partial charge in [0.2, 0.25) is 0 Å². The normalized spacial score (nSPS) is 10.9. The van der Waals surface area contributed by atoms with Crippen molar-refractivity contribution < 1.29 is 4.57 Å². The van der Waals surface area contributed by atoms with E-state index in [4.69, 9.17) is 0 Å². The summed E-state index contributed by atoms with van der Waals surface area (Å²) in [5.74, 6) is 0. The fourth-order valence-electron chi connectivity index (χ4n) is 1.26. The fraction of sp³-hybridized carbons (Fsp3) is 0.0833. The van der Waals surface area contributed by atoms with Crippen LogP contribution in [0.2, 0.25) is 0 Å². The fourth-order valence-corrected chi connectivity index (χ4v) is 1.26. The molecule has 2 aromatic rings. The van der Waals surface area contributed by atoms with Gasteiger partial charge in [0.05, 0.1) is 0 Å². The Hall–Kier alpha value is -1.83. The number of hydrogen-bond donors (Lipinski definition) is 1. The highest BCUT2D eigenvalue weighted by Crippen LogP contribution is 2.04. The van der Waals surface area contributed by atoms with E-state index >= 15 is 0 Å². The SMILES string of the molecule is C[n+]1ccc(C=Cc2ccc[nH]2)cc1. The first kappa shape index (κ1) is 8.75. The summed E-state index contributed by atoms with van der Waals surface area (Å²) in [6, 6.07) is 8.20. The van der Waals surface area contributed by atoms with Crippen LogP contribution >= 0.6 is 0 Å². The zero-order chi connectivity index (χ0) is 9.80. The number of aromatic nitrogens is 2. The quantitative estimate of drug-likeness (QED) is 0.690. The number of pyridine rings is 1. The highest BCUT2D eigenvalue weighted by molar-refractivity contribution is 5.67. The summed E-state index contributed by atoms with van der Waals surface area (Å²) in [4.78, 5) is 3.13. The van der Waals surface area contributed by atoms with Gasteiger partial charge in [0.1, 0.15) is 7.05 Å². The van der Waals surface area contributed by atoms with Crippen molar-refractivity contribution in [3.8, 4) is 0 Å². The summed E-state index contributed by atoms with van der Waals surface area (Å²) >= 11 is 0. The molecule has 2 heteroatoms. The minimum Gasteiger partial charge on any atom is -0.362 e. The van der Waals surface area contributed by atoms with E-state index < -0.39 is 0 Å². The minimum absolute atomic E-state index is 1.12. The highest BCUT2D eigenvalue weighted by Gasteiger charge is 1.91. The van der Waals surface area contributed by atoms with Crippen LogP contribution in [0.5, 0.6) is 0 Å². The standard InChI is InChI=1S/C12H12N2/c1-14-9-6-11(7-10-14)4-5-12-3-2-8-13-12/h2-10H,1H3/p+1. The molecule has 2 rings (SSSR count). The van der Waals surface area contributed by atoms with Crippen LogP contribution in [0.15, 0.2) is 42.9 Å². The number of nitrogens with zero attached hydrogens (tertiary/aromatic N) is 1. The number of H-pyrrole nitrogens is 1. The van der Waals surface area contributed by atoms with Gasteiger partial charge in [-0.2, -0.15) is 0 Å². The number of hydrogen-bond acceptors (Lipinski definition) is 0. The van der Waals surface area contributed by atoms with Gasteiger partial charge >= 0.3 is 0 Å². The second-order valence-electron chi connectivity index (χ2n) is 3.26. The zero-order valence-corrected chi connectivity index (χ0v) is 8.14. The van der Waals surface area contributed by atoms with Gasteiger partial charge in [-0.25, -0.2) is 4.57 Å². The van der Waals surface area contributed by atoms with E-state index in [1.54, 1.807) is 0 Å². The van der Waals surface area contributed by atoms with Crippen molar-refractivity contribution in [1.29, 1.82) is 0 Å². The molecule has 0 spiro atoms. The Morgan fingerprint density at radius 3 is 2.57 bits per heavy atom. The van der Waals surface area contributed by atoms with E-state index in [2.05, 4.69) is 29.3 Å². The molecule has 0 radical (unpaired) electrons. The second-order valence-corrected chi connectivity index (χ2v) is 3.26. The Morgan fingerprint density at radius 2 is 1.93 bits per heavy atom. The predicted molar refractivity (Wildman–Crippen MR) is 57.3 cm³/mol. The maximum atomic E-state index is 3.13. The molecule has 2 aromatic heterocycles. The lowest BCUT2D eigenvalue weighted by atomic mass is 10.2. The summed E-state index contributed by atoms with van der Waals surface area (Å²) in [6.45, 7) is 0. The summed E-state index contributed by atoms with van der Waals surface area (Å²) in [5.41, 5.74) is 2.33. The summed E-state index contributed by atoms with van der Waals surface area (Å²) in [7, 11) is 2.01. The van der Waals surface area contributed by atoms with Crippen molar-refractivity contribution in [2.24, 2.45) is 7.05 Å². The Morgan fingerprint density at radius 1 is 1.14 bits per heavy atom. The molecule has 0 atom stereocenters. The first-order valence-electron chi connectivity index (χ1n) is 4.61. The van der Waals surface area contributed by atoms with Crippen LogP contribution in [0.4, 0.5) is 0 Å². The van der Waals surface area contributed by atoms with Gasteiger partial charge in [-0.05, 0) is 23.8 Å². The first-order valence-corrected chi connectivity index (χ1v) is 4.61. The van der Waals surface area contributed by atoms with E-state index in [1.165, 1.54) is 5.56 Å². The van der Waals surface area contributed by atoms with Crippen molar-refractivity contribution >= 4 is 12.2 Å². The molecule has 1 N–H and O–H groups in total. The molecule has 2 heterocycles. The molecule has 14 heavy (non-hydrogen) atoms. The van der Waals surface area contributed by atoms with Crippen molar-refractivity contribution in [1.82, 2.24) is 4.98 Å². The molecule has 0 amide bonds. The van der Waals surface area contributed by atoms with Crippen molar-refractivity contribution in [3.63, 3.8) is 0 Å². The van der Waals surface area contributed by atoms with Crippen molar-refractivity contribution in [2.75, 3.05) is 0 Å². The maximum Gasteiger partial charge on any atom is 0.169 e. The largest absolute Gasteiger partial charge is 0.362 e. The zero-order valence-electron chi connectivity index (χ0n) is 8.14. The van der Waals surface area contributed by atoms with E-state index in [1.807, 2.05) is 42.3 Å². The number of aryl methyl sites for hydroxylation is 1. The Labute approximate surface area is 83.5 Å². The van der Waals surface area contributed by atoms with Gasteiger partial charge in [-0.1, -0.05) is 6.08 Å². The van der Waals surface area contributed by atoms with Crippen LogP contribution in [0.3, 0.4) is 0 Å². The molecular formula is C12H13N2+. The van der Waals surface area contributed by atoms with Crippen LogP contribution in [-0.4, -0.2) is 4.98 Å². The summed E-state index contributed by atoms with van der Waals surface area (Å²) < 4.78 is 2.02. The van der Waals surface area contributed by atoms with E-state index in [9.17, 15) is 0 Å². The highest BCUT2D eigenvalue weighted by atomic mass is 14.9. The number of aromatic amines is 1. The van der Waals surface area contributed by atoms with Gasteiger partial charge in [0.25, 0.3) is 0 Å². The van der Waals surface area contributed by atoms with Crippen molar-refractivity contribution in [3.05, 3.63) is 54.1 Å². The number of nitrogens with one attached hydrogen (secondary N) is 1. The molecule has 0 unspecified atom stereocenters. The molecule has 0 saturated carbocycles.